The van der Waals surface area contributed by atoms with Crippen LogP contribution in [-0.2, 0) is 0 Å². The molecule has 3 aromatic heterocycles. The minimum Gasteiger partial charge on any atom is -0.264 e. The van der Waals surface area contributed by atoms with Crippen LogP contribution in [0.4, 0.5) is 0 Å². The van der Waals surface area contributed by atoms with Gasteiger partial charge in [-0.15, -0.1) is 0 Å². The summed E-state index contributed by atoms with van der Waals surface area (Å²) in [5.74, 6) is 0.685. The van der Waals surface area contributed by atoms with Gasteiger partial charge in [-0.25, -0.2) is 9.97 Å². The van der Waals surface area contributed by atoms with Crippen LogP contribution in [-0.4, -0.2) is 19.9 Å². The van der Waals surface area contributed by atoms with Crippen LogP contribution in [0.3, 0.4) is 0 Å². The molecule has 0 N–H and O–H groups in total. The molecule has 41 heavy (non-hydrogen) atoms. The van der Waals surface area contributed by atoms with E-state index < -0.39 is 0 Å². The van der Waals surface area contributed by atoms with E-state index in [1.807, 2.05) is 60.9 Å². The maximum absolute atomic E-state index is 5.05. The van der Waals surface area contributed by atoms with Crippen LogP contribution in [0.15, 0.2) is 144 Å². The molecule has 0 aliphatic carbocycles. The van der Waals surface area contributed by atoms with Crippen molar-refractivity contribution in [2.75, 3.05) is 0 Å². The van der Waals surface area contributed by atoms with E-state index in [0.29, 0.717) is 5.82 Å². The standard InChI is InChI=1S/C36H23BrN4/c37-30-20-28(31-10-4-12-33-32(31)11-6-18-39-33)19-29(21-30)35-22-34(40-36(41-35)26-7-2-1-3-8-26)25-15-13-24(14-16-25)27-9-5-17-38-23-27/h1-23H. The largest absolute Gasteiger partial charge is 0.264 e. The van der Waals surface area contributed by atoms with Gasteiger partial charge in [-0.05, 0) is 64.7 Å². The monoisotopic (exact) mass is 590 g/mol. The molecule has 0 spiro atoms. The lowest BCUT2D eigenvalue weighted by Gasteiger charge is -2.12. The lowest BCUT2D eigenvalue weighted by Crippen LogP contribution is -1.96. The predicted octanol–water partition coefficient (Wildman–Crippen LogP) is 9.52. The fourth-order valence-electron chi connectivity index (χ4n) is 5.07. The number of hydrogen-bond acceptors (Lipinski definition) is 4. The minimum absolute atomic E-state index is 0.685. The number of aromatic nitrogens is 4. The van der Waals surface area contributed by atoms with E-state index >= 15 is 0 Å². The second kappa shape index (κ2) is 10.9. The van der Waals surface area contributed by atoms with Gasteiger partial charge in [0.05, 0.1) is 16.9 Å². The molecule has 0 fully saturated rings. The summed E-state index contributed by atoms with van der Waals surface area (Å²) in [6, 6.07) is 41.4. The number of benzene rings is 4. The molecule has 3 heterocycles. The highest BCUT2D eigenvalue weighted by Gasteiger charge is 2.13. The predicted molar refractivity (Wildman–Crippen MR) is 170 cm³/mol. The van der Waals surface area contributed by atoms with Gasteiger partial charge in [0, 0.05) is 45.1 Å². The molecular weight excluding hydrogens is 568 g/mol. The third-order valence-corrected chi connectivity index (χ3v) is 7.54. The fourth-order valence-corrected chi connectivity index (χ4v) is 5.57. The second-order valence-corrected chi connectivity index (χ2v) is 10.7. The molecule has 7 rings (SSSR count). The molecule has 194 valence electrons. The van der Waals surface area contributed by atoms with E-state index in [1.54, 1.807) is 6.20 Å². The summed E-state index contributed by atoms with van der Waals surface area (Å²) in [4.78, 5) is 18.9. The molecule has 4 aromatic carbocycles. The van der Waals surface area contributed by atoms with Crippen molar-refractivity contribution in [2.45, 2.75) is 0 Å². The maximum atomic E-state index is 5.05. The minimum atomic E-state index is 0.685. The van der Waals surface area contributed by atoms with Gasteiger partial charge < -0.3 is 0 Å². The maximum Gasteiger partial charge on any atom is 0.160 e. The summed E-state index contributed by atoms with van der Waals surface area (Å²) in [5, 5.41) is 1.11. The first-order valence-electron chi connectivity index (χ1n) is 13.3. The fraction of sp³-hybridized carbons (Fsp3) is 0. The summed E-state index contributed by atoms with van der Waals surface area (Å²) in [6.45, 7) is 0. The highest BCUT2D eigenvalue weighted by molar-refractivity contribution is 9.10. The number of halogens is 1. The summed E-state index contributed by atoms with van der Waals surface area (Å²) in [5.41, 5.74) is 10.1. The Bertz CT molecular complexity index is 1980. The Balaban J connectivity index is 1.37. The van der Waals surface area contributed by atoms with Crippen molar-refractivity contribution in [3.8, 4) is 56.2 Å². The van der Waals surface area contributed by atoms with Crippen LogP contribution in [0.1, 0.15) is 0 Å². The van der Waals surface area contributed by atoms with E-state index in [2.05, 4.69) is 98.7 Å². The summed E-state index contributed by atoms with van der Waals surface area (Å²) >= 11 is 3.76. The zero-order chi connectivity index (χ0) is 27.6. The Morgan fingerprint density at radius 3 is 2.02 bits per heavy atom. The molecule has 0 radical (unpaired) electrons. The molecule has 0 aliphatic heterocycles. The van der Waals surface area contributed by atoms with E-state index in [9.17, 15) is 0 Å². The van der Waals surface area contributed by atoms with E-state index in [1.165, 1.54) is 0 Å². The van der Waals surface area contributed by atoms with Crippen molar-refractivity contribution in [2.24, 2.45) is 0 Å². The third kappa shape index (κ3) is 5.15. The van der Waals surface area contributed by atoms with Crippen molar-refractivity contribution >= 4 is 26.8 Å². The highest BCUT2D eigenvalue weighted by Crippen LogP contribution is 2.35. The SMILES string of the molecule is Brc1cc(-c2cc(-c3ccc(-c4cccnc4)cc3)nc(-c3ccccc3)n2)cc(-c2cccc3ncccc23)c1. The lowest BCUT2D eigenvalue weighted by molar-refractivity contribution is 1.18. The van der Waals surface area contributed by atoms with Crippen molar-refractivity contribution in [3.05, 3.63) is 144 Å². The molecule has 0 unspecified atom stereocenters. The van der Waals surface area contributed by atoms with Gasteiger partial charge in [-0.1, -0.05) is 94.8 Å². The molecule has 7 aromatic rings. The zero-order valence-electron chi connectivity index (χ0n) is 21.9. The molecule has 5 heteroatoms. The Morgan fingerprint density at radius 2 is 1.22 bits per heavy atom. The normalized spacial score (nSPS) is 11.0. The molecule has 0 atom stereocenters. The van der Waals surface area contributed by atoms with E-state index in [-0.39, 0.29) is 0 Å². The van der Waals surface area contributed by atoms with Crippen LogP contribution in [0.2, 0.25) is 0 Å². The van der Waals surface area contributed by atoms with Crippen molar-refractivity contribution in [1.82, 2.24) is 19.9 Å². The smallest absolute Gasteiger partial charge is 0.160 e. The molecule has 0 saturated carbocycles. The first-order valence-corrected chi connectivity index (χ1v) is 14.1. The van der Waals surface area contributed by atoms with Gasteiger partial charge in [0.1, 0.15) is 0 Å². The Kier molecular flexibility index (Phi) is 6.63. The van der Waals surface area contributed by atoms with Gasteiger partial charge in [0.2, 0.25) is 0 Å². The summed E-state index contributed by atoms with van der Waals surface area (Å²) in [6.07, 6.45) is 5.49. The molecule has 0 saturated heterocycles. The van der Waals surface area contributed by atoms with Crippen molar-refractivity contribution in [1.29, 1.82) is 0 Å². The first-order chi connectivity index (χ1) is 20.2. The topological polar surface area (TPSA) is 51.6 Å². The average Bonchev–Trinajstić information content (AvgIpc) is 3.05. The molecule has 0 amide bonds. The van der Waals surface area contributed by atoms with Gasteiger partial charge in [0.15, 0.2) is 5.82 Å². The third-order valence-electron chi connectivity index (χ3n) is 7.08. The van der Waals surface area contributed by atoms with Gasteiger partial charge >= 0.3 is 0 Å². The highest BCUT2D eigenvalue weighted by atomic mass is 79.9. The molecular formula is C36H23BrN4. The molecule has 0 aliphatic rings. The first kappa shape index (κ1) is 25.0. The number of hydrogen-bond donors (Lipinski definition) is 0. The summed E-state index contributed by atoms with van der Waals surface area (Å²) in [7, 11) is 0. The van der Waals surface area contributed by atoms with Gasteiger partial charge in [-0.2, -0.15) is 0 Å². The number of fused-ring (bicyclic) bond motifs is 1. The molecule has 0 bridgehead atoms. The molecule has 4 nitrogen and oxygen atoms in total. The number of rotatable bonds is 5. The average molecular weight is 592 g/mol. The van der Waals surface area contributed by atoms with Crippen LogP contribution >= 0.6 is 15.9 Å². The Morgan fingerprint density at radius 1 is 0.488 bits per heavy atom. The Labute approximate surface area is 246 Å². The van der Waals surface area contributed by atoms with Crippen molar-refractivity contribution in [3.63, 3.8) is 0 Å². The lowest BCUT2D eigenvalue weighted by atomic mass is 9.97. The number of pyridine rings is 2. The van der Waals surface area contributed by atoms with Crippen LogP contribution in [0, 0.1) is 0 Å². The van der Waals surface area contributed by atoms with Crippen LogP contribution < -0.4 is 0 Å². The zero-order valence-corrected chi connectivity index (χ0v) is 23.5. The quantitative estimate of drug-likeness (QED) is 0.200. The van der Waals surface area contributed by atoms with Crippen LogP contribution in [0.25, 0.3) is 67.1 Å². The van der Waals surface area contributed by atoms with E-state index in [4.69, 9.17) is 9.97 Å². The summed E-state index contributed by atoms with van der Waals surface area (Å²) < 4.78 is 0.980. The second-order valence-electron chi connectivity index (χ2n) is 9.75. The van der Waals surface area contributed by atoms with Gasteiger partial charge in [0.25, 0.3) is 0 Å². The van der Waals surface area contributed by atoms with Crippen LogP contribution in [0.5, 0.6) is 0 Å². The van der Waals surface area contributed by atoms with E-state index in [0.717, 1.165) is 65.7 Å². The number of nitrogens with zero attached hydrogens (tertiary/aromatic N) is 4. The Hall–Kier alpha value is -5.00. The van der Waals surface area contributed by atoms with Gasteiger partial charge in [-0.3, -0.25) is 9.97 Å². The van der Waals surface area contributed by atoms with Crippen molar-refractivity contribution < 1.29 is 0 Å².